The van der Waals surface area contributed by atoms with Crippen molar-refractivity contribution in [2.75, 3.05) is 44.2 Å². The van der Waals surface area contributed by atoms with Gasteiger partial charge in [0, 0.05) is 49.8 Å². The molecule has 1 fully saturated rings. The Morgan fingerprint density at radius 1 is 1.36 bits per heavy atom. The molecule has 0 bridgehead atoms. The van der Waals surface area contributed by atoms with Crippen molar-refractivity contribution in [2.45, 2.75) is 19.4 Å². The summed E-state index contributed by atoms with van der Waals surface area (Å²) in [5.41, 5.74) is 5.89. The van der Waals surface area contributed by atoms with Crippen molar-refractivity contribution in [1.82, 2.24) is 10.2 Å². The summed E-state index contributed by atoms with van der Waals surface area (Å²) in [7, 11) is 0. The van der Waals surface area contributed by atoms with Crippen LogP contribution in [-0.2, 0) is 0 Å². The fraction of sp³-hybridized carbons (Fsp3) is 1.00. The Labute approximate surface area is 91.8 Å². The van der Waals surface area contributed by atoms with Gasteiger partial charge >= 0.3 is 0 Å². The van der Waals surface area contributed by atoms with Crippen LogP contribution in [0.25, 0.3) is 0 Å². The van der Waals surface area contributed by atoms with Gasteiger partial charge in [0.25, 0.3) is 0 Å². The summed E-state index contributed by atoms with van der Waals surface area (Å²) in [6, 6.07) is 0. The van der Waals surface area contributed by atoms with Gasteiger partial charge < -0.3 is 11.1 Å². The molecule has 0 aromatic rings. The molecule has 0 spiro atoms. The Morgan fingerprint density at radius 2 is 2.00 bits per heavy atom. The van der Waals surface area contributed by atoms with Crippen LogP contribution >= 0.6 is 11.8 Å². The van der Waals surface area contributed by atoms with E-state index in [9.17, 15) is 0 Å². The minimum Gasteiger partial charge on any atom is -0.325 e. The second kappa shape index (κ2) is 5.95. The van der Waals surface area contributed by atoms with E-state index in [-0.39, 0.29) is 5.54 Å². The molecule has 1 heterocycles. The minimum atomic E-state index is -0.0197. The fourth-order valence-corrected chi connectivity index (χ4v) is 2.52. The normalized spacial score (nSPS) is 19.9. The average Bonchev–Trinajstić information content (AvgIpc) is 2.13. The zero-order valence-corrected chi connectivity index (χ0v) is 10.2. The van der Waals surface area contributed by atoms with Crippen molar-refractivity contribution >= 4 is 11.8 Å². The maximum Gasteiger partial charge on any atom is 0.0188 e. The van der Waals surface area contributed by atoms with E-state index >= 15 is 0 Å². The van der Waals surface area contributed by atoms with Crippen molar-refractivity contribution in [3.63, 3.8) is 0 Å². The number of piperazine rings is 1. The van der Waals surface area contributed by atoms with Gasteiger partial charge in [0.15, 0.2) is 0 Å². The first-order chi connectivity index (χ1) is 6.58. The van der Waals surface area contributed by atoms with E-state index in [1.165, 1.54) is 25.4 Å². The Balaban J connectivity index is 1.97. The molecule has 1 rings (SSSR count). The van der Waals surface area contributed by atoms with Crippen molar-refractivity contribution in [3.8, 4) is 0 Å². The smallest absolute Gasteiger partial charge is 0.0188 e. The Bertz CT molecular complexity index is 150. The van der Waals surface area contributed by atoms with Gasteiger partial charge in [-0.1, -0.05) is 0 Å². The highest BCUT2D eigenvalue weighted by molar-refractivity contribution is 7.99. The van der Waals surface area contributed by atoms with Crippen LogP contribution in [0.1, 0.15) is 13.8 Å². The number of hydrogen-bond acceptors (Lipinski definition) is 4. The van der Waals surface area contributed by atoms with Crippen LogP contribution in [0.5, 0.6) is 0 Å². The third kappa shape index (κ3) is 5.86. The topological polar surface area (TPSA) is 41.3 Å². The van der Waals surface area contributed by atoms with Crippen LogP contribution in [0.3, 0.4) is 0 Å². The standard InChI is InChI=1S/C10H23N3S/c1-10(2,11)9-14-8-7-13-5-3-12-4-6-13/h12H,3-9,11H2,1-2H3. The number of rotatable bonds is 5. The molecular weight excluding hydrogens is 194 g/mol. The molecule has 0 radical (unpaired) electrons. The highest BCUT2D eigenvalue weighted by Gasteiger charge is 2.12. The zero-order chi connectivity index (χ0) is 10.4. The van der Waals surface area contributed by atoms with Crippen molar-refractivity contribution in [1.29, 1.82) is 0 Å². The summed E-state index contributed by atoms with van der Waals surface area (Å²) < 4.78 is 0. The van der Waals surface area contributed by atoms with Gasteiger partial charge in [-0.25, -0.2) is 0 Å². The Hall–Kier alpha value is 0.230. The van der Waals surface area contributed by atoms with Gasteiger partial charge in [-0.2, -0.15) is 11.8 Å². The molecule has 0 aromatic heterocycles. The lowest BCUT2D eigenvalue weighted by Crippen LogP contribution is -2.44. The largest absolute Gasteiger partial charge is 0.325 e. The minimum absolute atomic E-state index is 0.0197. The fourth-order valence-electron chi connectivity index (χ4n) is 1.46. The molecule has 0 amide bonds. The number of nitrogens with two attached hydrogens (primary N) is 1. The van der Waals surface area contributed by atoms with Crippen LogP contribution in [0, 0.1) is 0 Å². The quantitative estimate of drug-likeness (QED) is 0.653. The third-order valence-electron chi connectivity index (χ3n) is 2.24. The number of thioether (sulfide) groups is 1. The summed E-state index contributed by atoms with van der Waals surface area (Å²) in [5, 5.41) is 3.36. The summed E-state index contributed by atoms with van der Waals surface area (Å²) in [6.45, 7) is 10.1. The molecule has 14 heavy (non-hydrogen) atoms. The van der Waals surface area contributed by atoms with Crippen LogP contribution in [0.15, 0.2) is 0 Å². The molecule has 0 unspecified atom stereocenters. The van der Waals surface area contributed by atoms with E-state index in [1.807, 2.05) is 11.8 Å². The summed E-state index contributed by atoms with van der Waals surface area (Å²) in [5.74, 6) is 2.26. The van der Waals surface area contributed by atoms with Crippen LogP contribution in [0.4, 0.5) is 0 Å². The van der Waals surface area contributed by atoms with Crippen molar-refractivity contribution < 1.29 is 0 Å². The SMILES string of the molecule is CC(C)(N)CSCCN1CCNCC1. The lowest BCUT2D eigenvalue weighted by Gasteiger charge is -2.27. The molecule has 1 saturated heterocycles. The van der Waals surface area contributed by atoms with E-state index in [0.29, 0.717) is 0 Å². The third-order valence-corrected chi connectivity index (χ3v) is 3.65. The van der Waals surface area contributed by atoms with Crippen LogP contribution < -0.4 is 11.1 Å². The van der Waals surface area contributed by atoms with Gasteiger partial charge in [0.1, 0.15) is 0 Å². The Kier molecular flexibility index (Phi) is 5.23. The number of nitrogens with one attached hydrogen (secondary N) is 1. The van der Waals surface area contributed by atoms with E-state index in [2.05, 4.69) is 24.1 Å². The molecule has 1 aliphatic rings. The van der Waals surface area contributed by atoms with Crippen molar-refractivity contribution in [3.05, 3.63) is 0 Å². The second-order valence-corrected chi connectivity index (χ2v) is 5.74. The Morgan fingerprint density at radius 3 is 2.57 bits per heavy atom. The lowest BCUT2D eigenvalue weighted by atomic mass is 10.1. The first-order valence-corrected chi connectivity index (χ1v) is 6.53. The molecule has 0 aliphatic carbocycles. The second-order valence-electron chi connectivity index (χ2n) is 4.63. The van der Waals surface area contributed by atoms with E-state index < -0.39 is 0 Å². The number of nitrogens with zero attached hydrogens (tertiary/aromatic N) is 1. The van der Waals surface area contributed by atoms with E-state index in [1.54, 1.807) is 0 Å². The predicted octanol–water partition coefficient (Wildman–Crippen LogP) is 0.362. The summed E-state index contributed by atoms with van der Waals surface area (Å²) in [4.78, 5) is 2.52. The monoisotopic (exact) mass is 217 g/mol. The molecule has 84 valence electrons. The summed E-state index contributed by atoms with van der Waals surface area (Å²) in [6.07, 6.45) is 0. The first kappa shape index (κ1) is 12.3. The molecule has 0 saturated carbocycles. The van der Waals surface area contributed by atoms with E-state index in [0.717, 1.165) is 18.8 Å². The van der Waals surface area contributed by atoms with Gasteiger partial charge in [0.05, 0.1) is 0 Å². The molecular formula is C10H23N3S. The van der Waals surface area contributed by atoms with Gasteiger partial charge in [-0.05, 0) is 13.8 Å². The molecule has 0 aromatic carbocycles. The molecule has 0 atom stereocenters. The maximum atomic E-state index is 5.91. The summed E-state index contributed by atoms with van der Waals surface area (Å²) >= 11 is 1.97. The van der Waals surface area contributed by atoms with Gasteiger partial charge in [0.2, 0.25) is 0 Å². The average molecular weight is 217 g/mol. The van der Waals surface area contributed by atoms with Gasteiger partial charge in [-0.15, -0.1) is 0 Å². The van der Waals surface area contributed by atoms with Crippen molar-refractivity contribution in [2.24, 2.45) is 5.73 Å². The van der Waals surface area contributed by atoms with Gasteiger partial charge in [-0.3, -0.25) is 4.90 Å². The molecule has 4 heteroatoms. The molecule has 1 aliphatic heterocycles. The van der Waals surface area contributed by atoms with E-state index in [4.69, 9.17) is 5.73 Å². The first-order valence-electron chi connectivity index (χ1n) is 5.38. The highest BCUT2D eigenvalue weighted by atomic mass is 32.2. The molecule has 3 nitrogen and oxygen atoms in total. The zero-order valence-electron chi connectivity index (χ0n) is 9.38. The highest BCUT2D eigenvalue weighted by Crippen LogP contribution is 2.09. The predicted molar refractivity (Wildman–Crippen MR) is 64.9 cm³/mol. The maximum absolute atomic E-state index is 5.91. The van der Waals surface area contributed by atoms with Crippen LogP contribution in [0.2, 0.25) is 0 Å². The van der Waals surface area contributed by atoms with Crippen LogP contribution in [-0.4, -0.2) is 54.7 Å². The lowest BCUT2D eigenvalue weighted by molar-refractivity contribution is 0.255. The molecule has 3 N–H and O–H groups in total. The number of hydrogen-bond donors (Lipinski definition) is 2.